The summed E-state index contributed by atoms with van der Waals surface area (Å²) < 4.78 is 1.09. The van der Waals surface area contributed by atoms with E-state index in [1.54, 1.807) is 0 Å². The van der Waals surface area contributed by atoms with Crippen LogP contribution in [-0.2, 0) is 19.6 Å². The molecule has 0 radical (unpaired) electrons. The number of nitrogens with zero attached hydrogens (tertiary/aromatic N) is 1. The number of hydrogen-bond donors (Lipinski definition) is 0. The number of benzene rings is 3. The van der Waals surface area contributed by atoms with Gasteiger partial charge >= 0.3 is 0 Å². The van der Waals surface area contributed by atoms with E-state index >= 15 is 0 Å². The van der Waals surface area contributed by atoms with Gasteiger partial charge in [0.15, 0.2) is 0 Å². The molecule has 1 heteroatoms. The average Bonchev–Trinajstić information content (AvgIpc) is 2.78. The van der Waals surface area contributed by atoms with E-state index in [1.165, 1.54) is 61.8 Å². The highest BCUT2D eigenvalue weighted by atomic mass is 15.3. The van der Waals surface area contributed by atoms with Crippen LogP contribution in [0, 0.1) is 0 Å². The topological polar surface area (TPSA) is 0 Å². The van der Waals surface area contributed by atoms with Gasteiger partial charge in [0, 0.05) is 16.7 Å². The fourth-order valence-corrected chi connectivity index (χ4v) is 4.54. The summed E-state index contributed by atoms with van der Waals surface area (Å²) in [6.45, 7) is 6.77. The van der Waals surface area contributed by atoms with E-state index in [0.29, 0.717) is 0 Å². The highest BCUT2D eigenvalue weighted by molar-refractivity contribution is 5.17. The SMILES string of the molecule is CCCCCCCC[N+](Cc1ccccc1)(Cc1ccccc1)Cc1ccccc1. The molecule has 0 atom stereocenters. The summed E-state index contributed by atoms with van der Waals surface area (Å²) in [6, 6.07) is 33.2. The summed E-state index contributed by atoms with van der Waals surface area (Å²) in [6.07, 6.45) is 8.09. The van der Waals surface area contributed by atoms with Crippen molar-refractivity contribution in [1.82, 2.24) is 0 Å². The molecule has 158 valence electrons. The molecule has 0 N–H and O–H groups in total. The Bertz CT molecular complexity index is 709. The molecule has 3 aromatic rings. The van der Waals surface area contributed by atoms with E-state index in [0.717, 1.165) is 24.1 Å². The number of quaternary nitrogens is 1. The molecule has 0 saturated heterocycles. The summed E-state index contributed by atoms with van der Waals surface area (Å²) in [7, 11) is 0. The molecule has 1 nitrogen and oxygen atoms in total. The van der Waals surface area contributed by atoms with Gasteiger partial charge in [0.25, 0.3) is 0 Å². The van der Waals surface area contributed by atoms with Crippen LogP contribution in [0.2, 0.25) is 0 Å². The zero-order valence-corrected chi connectivity index (χ0v) is 18.7. The Hall–Kier alpha value is -2.38. The van der Waals surface area contributed by atoms with E-state index in [2.05, 4.69) is 97.9 Å². The first-order chi connectivity index (χ1) is 14.8. The molecule has 0 bridgehead atoms. The van der Waals surface area contributed by atoms with Gasteiger partial charge in [0.05, 0.1) is 6.54 Å². The van der Waals surface area contributed by atoms with Gasteiger partial charge in [-0.15, -0.1) is 0 Å². The first-order valence-electron chi connectivity index (χ1n) is 11.8. The number of unbranched alkanes of at least 4 members (excludes halogenated alkanes) is 5. The monoisotopic (exact) mass is 400 g/mol. The first kappa shape index (κ1) is 22.3. The van der Waals surface area contributed by atoms with Crippen molar-refractivity contribution in [3.05, 3.63) is 108 Å². The molecule has 0 aliphatic carbocycles. The molecule has 0 aliphatic rings. The van der Waals surface area contributed by atoms with E-state index in [-0.39, 0.29) is 0 Å². The molecule has 0 aliphatic heterocycles. The van der Waals surface area contributed by atoms with Crippen LogP contribution in [0.4, 0.5) is 0 Å². The van der Waals surface area contributed by atoms with Gasteiger partial charge in [-0.3, -0.25) is 0 Å². The van der Waals surface area contributed by atoms with Crippen LogP contribution in [0.3, 0.4) is 0 Å². The number of hydrogen-bond acceptors (Lipinski definition) is 0. The Balaban J connectivity index is 1.82. The smallest absolute Gasteiger partial charge is 0.105 e. The van der Waals surface area contributed by atoms with Crippen molar-refractivity contribution >= 4 is 0 Å². The van der Waals surface area contributed by atoms with Crippen molar-refractivity contribution in [2.45, 2.75) is 65.1 Å². The van der Waals surface area contributed by atoms with E-state index in [1.807, 2.05) is 0 Å². The minimum atomic E-state index is 1.08. The van der Waals surface area contributed by atoms with Gasteiger partial charge < -0.3 is 4.48 Å². The van der Waals surface area contributed by atoms with Crippen molar-refractivity contribution < 1.29 is 4.48 Å². The molecular weight excluding hydrogens is 362 g/mol. The summed E-state index contributed by atoms with van der Waals surface area (Å²) >= 11 is 0. The minimum absolute atomic E-state index is 1.08. The second kappa shape index (κ2) is 12.3. The molecule has 30 heavy (non-hydrogen) atoms. The molecule has 0 aromatic heterocycles. The number of rotatable bonds is 13. The zero-order chi connectivity index (χ0) is 20.9. The second-order valence-corrected chi connectivity index (χ2v) is 8.76. The Morgan fingerprint density at radius 1 is 0.467 bits per heavy atom. The van der Waals surface area contributed by atoms with Crippen LogP contribution in [-0.4, -0.2) is 11.0 Å². The Morgan fingerprint density at radius 2 is 0.833 bits per heavy atom. The van der Waals surface area contributed by atoms with Gasteiger partial charge in [-0.25, -0.2) is 0 Å². The molecular formula is C29H38N+. The molecule has 0 amide bonds. The Morgan fingerprint density at radius 3 is 1.23 bits per heavy atom. The lowest BCUT2D eigenvalue weighted by molar-refractivity contribution is -0.966. The lowest BCUT2D eigenvalue weighted by Gasteiger charge is -2.39. The fraction of sp³-hybridized carbons (Fsp3) is 0.379. The second-order valence-electron chi connectivity index (χ2n) is 8.76. The highest BCUT2D eigenvalue weighted by Crippen LogP contribution is 2.25. The van der Waals surface area contributed by atoms with Gasteiger partial charge in [0.1, 0.15) is 19.6 Å². The standard InChI is InChI=1S/C29H38N/c1-2-3-4-5-6-16-23-30(24-27-17-10-7-11-18-27,25-28-19-12-8-13-20-28)26-29-21-14-9-15-22-29/h7-15,17-22H,2-6,16,23-26H2,1H3/q+1. The third-order valence-corrected chi connectivity index (χ3v) is 6.07. The van der Waals surface area contributed by atoms with E-state index in [9.17, 15) is 0 Å². The van der Waals surface area contributed by atoms with E-state index < -0.39 is 0 Å². The summed E-state index contributed by atoms with van der Waals surface area (Å²) in [5.74, 6) is 0. The lowest BCUT2D eigenvalue weighted by Crippen LogP contribution is -2.46. The van der Waals surface area contributed by atoms with Crippen LogP contribution < -0.4 is 0 Å². The summed E-state index contributed by atoms with van der Waals surface area (Å²) in [4.78, 5) is 0. The quantitative estimate of drug-likeness (QED) is 0.203. The molecule has 0 unspecified atom stereocenters. The molecule has 0 heterocycles. The Kier molecular flexibility index (Phi) is 9.18. The molecule has 3 aromatic carbocycles. The van der Waals surface area contributed by atoms with Gasteiger partial charge in [0.2, 0.25) is 0 Å². The van der Waals surface area contributed by atoms with Crippen molar-refractivity contribution in [2.75, 3.05) is 6.54 Å². The normalized spacial score (nSPS) is 11.5. The van der Waals surface area contributed by atoms with Crippen molar-refractivity contribution in [2.24, 2.45) is 0 Å². The van der Waals surface area contributed by atoms with Gasteiger partial charge in [-0.2, -0.15) is 0 Å². The van der Waals surface area contributed by atoms with Crippen molar-refractivity contribution in [3.8, 4) is 0 Å². The van der Waals surface area contributed by atoms with Crippen LogP contribution in [0.25, 0.3) is 0 Å². The van der Waals surface area contributed by atoms with Crippen LogP contribution in [0.5, 0.6) is 0 Å². The maximum absolute atomic E-state index is 2.30. The highest BCUT2D eigenvalue weighted by Gasteiger charge is 2.28. The fourth-order valence-electron chi connectivity index (χ4n) is 4.54. The van der Waals surface area contributed by atoms with Crippen LogP contribution in [0.1, 0.15) is 62.1 Å². The van der Waals surface area contributed by atoms with Gasteiger partial charge in [-0.1, -0.05) is 124 Å². The summed E-state index contributed by atoms with van der Waals surface area (Å²) in [5, 5.41) is 0. The third kappa shape index (κ3) is 7.46. The molecule has 0 fully saturated rings. The average molecular weight is 401 g/mol. The van der Waals surface area contributed by atoms with Crippen molar-refractivity contribution in [1.29, 1.82) is 0 Å². The maximum atomic E-state index is 2.30. The summed E-state index contributed by atoms with van der Waals surface area (Å²) in [5.41, 5.74) is 4.32. The largest absolute Gasteiger partial charge is 0.312 e. The Labute approximate surface area is 184 Å². The lowest BCUT2D eigenvalue weighted by atomic mass is 10.0. The molecule has 3 rings (SSSR count). The molecule has 0 spiro atoms. The van der Waals surface area contributed by atoms with E-state index in [4.69, 9.17) is 0 Å². The van der Waals surface area contributed by atoms with Crippen LogP contribution in [0.15, 0.2) is 91.0 Å². The van der Waals surface area contributed by atoms with Crippen molar-refractivity contribution in [3.63, 3.8) is 0 Å². The third-order valence-electron chi connectivity index (χ3n) is 6.07. The predicted octanol–water partition coefficient (Wildman–Crippen LogP) is 7.76. The predicted molar refractivity (Wildman–Crippen MR) is 129 cm³/mol. The minimum Gasteiger partial charge on any atom is -0.312 e. The van der Waals surface area contributed by atoms with Gasteiger partial charge in [-0.05, 0) is 12.8 Å². The zero-order valence-electron chi connectivity index (χ0n) is 18.7. The molecule has 0 saturated carbocycles. The van der Waals surface area contributed by atoms with Crippen LogP contribution >= 0.6 is 0 Å². The maximum Gasteiger partial charge on any atom is 0.105 e. The first-order valence-corrected chi connectivity index (χ1v) is 11.8.